The van der Waals surface area contributed by atoms with Crippen molar-refractivity contribution in [2.75, 3.05) is 0 Å². The zero-order valence-electron chi connectivity index (χ0n) is 7.13. The van der Waals surface area contributed by atoms with Crippen LogP contribution in [0.15, 0.2) is 23.1 Å². The van der Waals surface area contributed by atoms with Gasteiger partial charge in [-0.2, -0.15) is 0 Å². The first-order chi connectivity index (χ1) is 5.43. The Kier molecular flexibility index (Phi) is 2.21. The molecule has 1 aromatic carbocycles. The normalized spacial score (nSPS) is 15.6. The van der Waals surface area contributed by atoms with Gasteiger partial charge in [0.15, 0.2) is 0 Å². The van der Waals surface area contributed by atoms with Gasteiger partial charge in [-0.05, 0) is 31.0 Å². The van der Waals surface area contributed by atoms with E-state index in [2.05, 4.69) is 0 Å². The molecule has 0 heterocycles. The molecule has 0 aliphatic rings. The molecule has 0 aliphatic heterocycles. The third-order valence-electron chi connectivity index (χ3n) is 1.88. The third kappa shape index (κ3) is 1.65. The lowest BCUT2D eigenvalue weighted by Crippen LogP contribution is -2.12. The molecule has 0 aliphatic carbocycles. The quantitative estimate of drug-likeness (QED) is 0.683. The van der Waals surface area contributed by atoms with Gasteiger partial charge in [0.25, 0.3) is 0 Å². The SMILES string of the molecule is Cc1cccc(S(=N)(N)=O)c1C. The highest BCUT2D eigenvalue weighted by Gasteiger charge is 2.07. The van der Waals surface area contributed by atoms with E-state index < -0.39 is 9.92 Å². The number of rotatable bonds is 1. The number of hydrogen-bond donors (Lipinski definition) is 2. The largest absolute Gasteiger partial charge is 0.241 e. The molecule has 0 spiro atoms. The molecular weight excluding hydrogens is 172 g/mol. The molecule has 0 saturated heterocycles. The first-order valence-corrected chi connectivity index (χ1v) is 5.18. The first-order valence-electron chi connectivity index (χ1n) is 3.55. The van der Waals surface area contributed by atoms with Crippen molar-refractivity contribution < 1.29 is 4.21 Å². The molecule has 66 valence electrons. The molecular formula is C8H12N2OS. The maximum Gasteiger partial charge on any atom is 0.132 e. The Bertz CT molecular complexity index is 396. The van der Waals surface area contributed by atoms with Crippen LogP contribution in [0.1, 0.15) is 11.1 Å². The van der Waals surface area contributed by atoms with E-state index in [1.165, 1.54) is 0 Å². The number of nitrogens with two attached hydrogens (primary N) is 1. The van der Waals surface area contributed by atoms with Crippen molar-refractivity contribution in [3.05, 3.63) is 29.3 Å². The van der Waals surface area contributed by atoms with Gasteiger partial charge in [0.2, 0.25) is 0 Å². The summed E-state index contributed by atoms with van der Waals surface area (Å²) in [4.78, 5) is 0.433. The van der Waals surface area contributed by atoms with Gasteiger partial charge in [-0.1, -0.05) is 12.1 Å². The van der Waals surface area contributed by atoms with Crippen LogP contribution in [0, 0.1) is 18.6 Å². The summed E-state index contributed by atoms with van der Waals surface area (Å²) in [5.74, 6) is 0. The van der Waals surface area contributed by atoms with Crippen LogP contribution in [0.2, 0.25) is 0 Å². The molecule has 12 heavy (non-hydrogen) atoms. The van der Waals surface area contributed by atoms with Crippen LogP contribution in [0.5, 0.6) is 0 Å². The summed E-state index contributed by atoms with van der Waals surface area (Å²) < 4.78 is 18.4. The number of aryl methyl sites for hydroxylation is 1. The zero-order chi connectivity index (χ0) is 9.35. The van der Waals surface area contributed by atoms with Gasteiger partial charge in [-0.25, -0.2) is 14.1 Å². The van der Waals surface area contributed by atoms with E-state index in [0.29, 0.717) is 4.90 Å². The monoisotopic (exact) mass is 184 g/mol. The minimum atomic E-state index is -3.06. The van der Waals surface area contributed by atoms with E-state index in [0.717, 1.165) is 11.1 Å². The average Bonchev–Trinajstić information content (AvgIpc) is 1.92. The predicted molar refractivity (Wildman–Crippen MR) is 49.2 cm³/mol. The Balaban J connectivity index is 3.47. The summed E-state index contributed by atoms with van der Waals surface area (Å²) in [6.07, 6.45) is 0. The lowest BCUT2D eigenvalue weighted by atomic mass is 10.1. The van der Waals surface area contributed by atoms with Gasteiger partial charge in [0.05, 0.1) is 4.90 Å². The molecule has 1 atom stereocenters. The molecule has 0 radical (unpaired) electrons. The van der Waals surface area contributed by atoms with Gasteiger partial charge in [-0.15, -0.1) is 0 Å². The molecule has 1 rings (SSSR count). The summed E-state index contributed by atoms with van der Waals surface area (Å²) >= 11 is 0. The van der Waals surface area contributed by atoms with E-state index in [1.807, 2.05) is 19.9 Å². The fourth-order valence-corrected chi connectivity index (χ4v) is 1.95. The lowest BCUT2D eigenvalue weighted by Gasteiger charge is -2.07. The van der Waals surface area contributed by atoms with Crippen LogP contribution in [-0.2, 0) is 9.92 Å². The molecule has 3 N–H and O–H groups in total. The van der Waals surface area contributed by atoms with Crippen LogP contribution >= 0.6 is 0 Å². The van der Waals surface area contributed by atoms with Gasteiger partial charge in [0, 0.05) is 0 Å². The van der Waals surface area contributed by atoms with E-state index in [4.69, 9.17) is 9.92 Å². The fourth-order valence-electron chi connectivity index (χ4n) is 1.05. The summed E-state index contributed by atoms with van der Waals surface area (Å²) in [7, 11) is -3.06. The molecule has 0 aromatic heterocycles. The molecule has 0 fully saturated rings. The lowest BCUT2D eigenvalue weighted by molar-refractivity contribution is 0.675. The van der Waals surface area contributed by atoms with Crippen molar-refractivity contribution in [3.8, 4) is 0 Å². The topological polar surface area (TPSA) is 66.9 Å². The summed E-state index contributed by atoms with van der Waals surface area (Å²) in [5, 5.41) is 5.22. The fraction of sp³-hybridized carbons (Fsp3) is 0.250. The van der Waals surface area contributed by atoms with Crippen LogP contribution in [0.25, 0.3) is 0 Å². The second-order valence-corrected chi connectivity index (χ2v) is 4.44. The van der Waals surface area contributed by atoms with E-state index in [1.54, 1.807) is 12.1 Å². The Morgan fingerprint density at radius 2 is 2.00 bits per heavy atom. The number of nitrogens with one attached hydrogen (secondary N) is 1. The maximum atomic E-state index is 11.2. The van der Waals surface area contributed by atoms with Crippen LogP contribution in [-0.4, -0.2) is 4.21 Å². The highest BCUT2D eigenvalue weighted by molar-refractivity contribution is 7.90. The Morgan fingerprint density at radius 3 is 2.42 bits per heavy atom. The maximum absolute atomic E-state index is 11.2. The zero-order valence-corrected chi connectivity index (χ0v) is 7.94. The summed E-state index contributed by atoms with van der Waals surface area (Å²) in [6, 6.07) is 5.31. The molecule has 4 heteroatoms. The molecule has 3 nitrogen and oxygen atoms in total. The Labute approximate surface area is 72.7 Å². The minimum Gasteiger partial charge on any atom is -0.241 e. The van der Waals surface area contributed by atoms with Crippen molar-refractivity contribution >= 4 is 9.92 Å². The highest BCUT2D eigenvalue weighted by atomic mass is 32.2. The van der Waals surface area contributed by atoms with Gasteiger partial charge < -0.3 is 0 Å². The van der Waals surface area contributed by atoms with Gasteiger partial charge in [-0.3, -0.25) is 0 Å². The standard InChI is InChI=1S/C8H12N2OS/c1-6-4-3-5-8(7(6)2)12(9,10)11/h3-5H,1-2H3,(H3,9,10,11). The van der Waals surface area contributed by atoms with E-state index >= 15 is 0 Å². The van der Waals surface area contributed by atoms with Crippen molar-refractivity contribution in [3.63, 3.8) is 0 Å². The third-order valence-corrected chi connectivity index (χ3v) is 2.98. The second kappa shape index (κ2) is 2.88. The van der Waals surface area contributed by atoms with Crippen molar-refractivity contribution in [2.45, 2.75) is 18.7 Å². The molecule has 0 amide bonds. The van der Waals surface area contributed by atoms with Crippen molar-refractivity contribution in [1.82, 2.24) is 0 Å². The Morgan fingerprint density at radius 1 is 1.42 bits per heavy atom. The van der Waals surface area contributed by atoms with Gasteiger partial charge in [0.1, 0.15) is 9.92 Å². The molecule has 1 aromatic rings. The number of benzene rings is 1. The summed E-state index contributed by atoms with van der Waals surface area (Å²) in [6.45, 7) is 3.73. The van der Waals surface area contributed by atoms with Crippen molar-refractivity contribution in [2.24, 2.45) is 5.14 Å². The molecule has 0 saturated carbocycles. The van der Waals surface area contributed by atoms with Gasteiger partial charge >= 0.3 is 0 Å². The van der Waals surface area contributed by atoms with Crippen LogP contribution in [0.4, 0.5) is 0 Å². The number of hydrogen-bond acceptors (Lipinski definition) is 2. The minimum absolute atomic E-state index is 0.433. The predicted octanol–water partition coefficient (Wildman–Crippen LogP) is 1.58. The van der Waals surface area contributed by atoms with Crippen LogP contribution < -0.4 is 5.14 Å². The smallest absolute Gasteiger partial charge is 0.132 e. The van der Waals surface area contributed by atoms with Crippen molar-refractivity contribution in [1.29, 1.82) is 4.78 Å². The van der Waals surface area contributed by atoms with Crippen LogP contribution in [0.3, 0.4) is 0 Å². The average molecular weight is 184 g/mol. The van der Waals surface area contributed by atoms with E-state index in [-0.39, 0.29) is 0 Å². The second-order valence-electron chi connectivity index (χ2n) is 2.80. The summed E-state index contributed by atoms with van der Waals surface area (Å²) in [5.41, 5.74) is 1.86. The Hall–Kier alpha value is -0.870. The highest BCUT2D eigenvalue weighted by Crippen LogP contribution is 2.16. The van der Waals surface area contributed by atoms with E-state index in [9.17, 15) is 4.21 Å². The molecule has 0 bridgehead atoms. The molecule has 1 unspecified atom stereocenters. The first kappa shape index (κ1) is 9.22.